The quantitative estimate of drug-likeness (QED) is 0.575. The molecule has 0 spiro atoms. The SMILES string of the molecule is [B]C(=O)NC(CC)C(=O)OC(C)CC(C)C1SCCCS1. The molecule has 1 heterocycles. The minimum Gasteiger partial charge on any atom is -0.461 e. The number of ether oxygens (including phenoxy) is 1. The summed E-state index contributed by atoms with van der Waals surface area (Å²) in [5.74, 6) is 1.83. The van der Waals surface area contributed by atoms with Crippen molar-refractivity contribution in [2.24, 2.45) is 5.92 Å². The standard InChI is InChI=1S/C14H24BNO3S2/c1-4-11(16-14(15)18)12(17)19-10(3)8-9(2)13-20-6-5-7-21-13/h9-11,13H,4-8H2,1-3H3,(H,16,18). The summed E-state index contributed by atoms with van der Waals surface area (Å²) in [5, 5.41) is 2.41. The predicted molar refractivity (Wildman–Crippen MR) is 91.0 cm³/mol. The van der Waals surface area contributed by atoms with Gasteiger partial charge in [-0.25, -0.2) is 4.79 Å². The van der Waals surface area contributed by atoms with Crippen LogP contribution in [-0.2, 0) is 9.53 Å². The molecule has 2 radical (unpaired) electrons. The maximum Gasteiger partial charge on any atom is 0.328 e. The minimum absolute atomic E-state index is 0.153. The first-order valence-electron chi connectivity index (χ1n) is 7.43. The average molecular weight is 329 g/mol. The summed E-state index contributed by atoms with van der Waals surface area (Å²) in [5.41, 5.74) is 0. The summed E-state index contributed by atoms with van der Waals surface area (Å²) in [6.07, 6.45) is 2.43. The number of esters is 1. The van der Waals surface area contributed by atoms with Gasteiger partial charge in [-0.05, 0) is 43.6 Å². The van der Waals surface area contributed by atoms with Gasteiger partial charge < -0.3 is 10.1 Å². The highest BCUT2D eigenvalue weighted by atomic mass is 32.2. The second kappa shape index (κ2) is 9.67. The second-order valence-electron chi connectivity index (χ2n) is 5.39. The van der Waals surface area contributed by atoms with E-state index in [1.165, 1.54) is 17.9 Å². The molecular formula is C14H24BNO3S2. The second-order valence-corrected chi connectivity index (χ2v) is 8.19. The maximum atomic E-state index is 12.0. The lowest BCUT2D eigenvalue weighted by Crippen LogP contribution is -2.42. The summed E-state index contributed by atoms with van der Waals surface area (Å²) in [4.78, 5) is 22.8. The number of carbonyl (C=O) groups excluding carboxylic acids is 2. The summed E-state index contributed by atoms with van der Waals surface area (Å²) in [7, 11) is 5.05. The molecule has 21 heavy (non-hydrogen) atoms. The zero-order valence-corrected chi connectivity index (χ0v) is 14.6. The Balaban J connectivity index is 2.38. The number of hydrogen-bond donors (Lipinski definition) is 1. The molecule has 1 aliphatic rings. The normalized spacial score (nSPS) is 20.3. The van der Waals surface area contributed by atoms with Crippen LogP contribution in [-0.4, -0.2) is 47.9 Å². The Morgan fingerprint density at radius 1 is 1.33 bits per heavy atom. The van der Waals surface area contributed by atoms with E-state index < -0.39 is 17.8 Å². The van der Waals surface area contributed by atoms with Crippen LogP contribution in [0.5, 0.6) is 0 Å². The fourth-order valence-corrected chi connectivity index (χ4v) is 5.41. The lowest BCUT2D eigenvalue weighted by Gasteiger charge is -2.28. The van der Waals surface area contributed by atoms with Crippen LogP contribution in [0, 0.1) is 5.92 Å². The molecule has 0 aliphatic carbocycles. The first kappa shape index (κ1) is 18.8. The number of hydrogen-bond acceptors (Lipinski definition) is 5. The highest BCUT2D eigenvalue weighted by Crippen LogP contribution is 2.37. The van der Waals surface area contributed by atoms with Crippen molar-refractivity contribution in [3.05, 3.63) is 0 Å². The van der Waals surface area contributed by atoms with Gasteiger partial charge in [0, 0.05) is 0 Å². The van der Waals surface area contributed by atoms with Gasteiger partial charge in [-0.3, -0.25) is 4.79 Å². The van der Waals surface area contributed by atoms with Gasteiger partial charge in [0.05, 0.1) is 10.7 Å². The van der Waals surface area contributed by atoms with E-state index in [2.05, 4.69) is 12.2 Å². The molecule has 0 aromatic carbocycles. The molecule has 7 heteroatoms. The van der Waals surface area contributed by atoms with E-state index in [9.17, 15) is 9.59 Å². The molecule has 4 nitrogen and oxygen atoms in total. The minimum atomic E-state index is -0.699. The van der Waals surface area contributed by atoms with Crippen molar-refractivity contribution in [2.45, 2.75) is 56.8 Å². The van der Waals surface area contributed by atoms with Crippen LogP contribution in [0.15, 0.2) is 0 Å². The molecule has 0 saturated carbocycles. The Morgan fingerprint density at radius 3 is 2.48 bits per heavy atom. The van der Waals surface area contributed by atoms with E-state index in [0.29, 0.717) is 16.9 Å². The highest BCUT2D eigenvalue weighted by molar-refractivity contribution is 8.17. The van der Waals surface area contributed by atoms with Crippen LogP contribution >= 0.6 is 23.5 Å². The number of rotatable bonds is 7. The van der Waals surface area contributed by atoms with Crippen LogP contribution in [0.4, 0.5) is 4.79 Å². The first-order chi connectivity index (χ1) is 9.93. The van der Waals surface area contributed by atoms with Crippen LogP contribution in [0.25, 0.3) is 0 Å². The van der Waals surface area contributed by atoms with Crippen molar-refractivity contribution in [2.75, 3.05) is 11.5 Å². The van der Waals surface area contributed by atoms with Crippen molar-refractivity contribution in [1.82, 2.24) is 5.32 Å². The van der Waals surface area contributed by atoms with Gasteiger partial charge in [-0.1, -0.05) is 13.8 Å². The predicted octanol–water partition coefficient (Wildman–Crippen LogP) is 2.80. The monoisotopic (exact) mass is 329 g/mol. The molecule has 118 valence electrons. The fraction of sp³-hybridized carbons (Fsp3) is 0.857. The molecular weight excluding hydrogens is 305 g/mol. The van der Waals surface area contributed by atoms with Crippen molar-refractivity contribution in [3.63, 3.8) is 0 Å². The Labute approximate surface area is 137 Å². The lowest BCUT2D eigenvalue weighted by atomic mass is 10.1. The van der Waals surface area contributed by atoms with Crippen LogP contribution < -0.4 is 5.32 Å². The van der Waals surface area contributed by atoms with Crippen LogP contribution in [0.3, 0.4) is 0 Å². The van der Waals surface area contributed by atoms with Crippen LogP contribution in [0.2, 0.25) is 0 Å². The molecule has 3 unspecified atom stereocenters. The Morgan fingerprint density at radius 2 is 1.95 bits per heavy atom. The van der Waals surface area contributed by atoms with Gasteiger partial charge in [-0.2, -0.15) is 0 Å². The van der Waals surface area contributed by atoms with E-state index in [0.717, 1.165) is 6.42 Å². The summed E-state index contributed by atoms with van der Waals surface area (Å²) in [6.45, 7) is 5.92. The molecule has 0 aromatic heterocycles. The lowest BCUT2D eigenvalue weighted by molar-refractivity contribution is -0.151. The molecule has 0 bridgehead atoms. The number of nitrogens with one attached hydrogen (secondary N) is 1. The Hall–Kier alpha value is -0.295. The molecule has 1 aliphatic heterocycles. The molecule has 0 aromatic rings. The topological polar surface area (TPSA) is 55.4 Å². The summed E-state index contributed by atoms with van der Waals surface area (Å²) < 4.78 is 6.03. The van der Waals surface area contributed by atoms with Crippen molar-refractivity contribution >= 4 is 43.1 Å². The van der Waals surface area contributed by atoms with Crippen molar-refractivity contribution < 1.29 is 14.3 Å². The molecule has 1 fully saturated rings. The van der Waals surface area contributed by atoms with Crippen molar-refractivity contribution in [3.8, 4) is 0 Å². The van der Waals surface area contributed by atoms with Crippen LogP contribution in [0.1, 0.15) is 40.0 Å². The summed E-state index contributed by atoms with van der Waals surface area (Å²) in [6, 6.07) is -0.654. The van der Waals surface area contributed by atoms with Gasteiger partial charge in [0.1, 0.15) is 6.04 Å². The first-order valence-corrected chi connectivity index (χ1v) is 9.53. The largest absolute Gasteiger partial charge is 0.461 e. The summed E-state index contributed by atoms with van der Waals surface area (Å²) >= 11 is 4.00. The van der Waals surface area contributed by atoms with E-state index in [-0.39, 0.29) is 6.10 Å². The van der Waals surface area contributed by atoms with E-state index in [1.54, 1.807) is 0 Å². The molecule has 1 rings (SSSR count). The number of carbonyl (C=O) groups is 2. The van der Waals surface area contributed by atoms with E-state index in [4.69, 9.17) is 12.6 Å². The Kier molecular flexibility index (Phi) is 8.63. The molecule has 1 amide bonds. The average Bonchev–Trinajstić information content (AvgIpc) is 2.45. The number of amides is 1. The van der Waals surface area contributed by atoms with Gasteiger partial charge in [-0.15, -0.1) is 23.5 Å². The van der Waals surface area contributed by atoms with Gasteiger partial charge in [0.2, 0.25) is 7.85 Å². The third kappa shape index (κ3) is 7.00. The third-order valence-corrected chi connectivity index (χ3v) is 6.80. The van der Waals surface area contributed by atoms with Crippen molar-refractivity contribution in [1.29, 1.82) is 0 Å². The smallest absolute Gasteiger partial charge is 0.328 e. The zero-order valence-electron chi connectivity index (χ0n) is 13.0. The molecule has 1 saturated heterocycles. The zero-order chi connectivity index (χ0) is 15.8. The van der Waals surface area contributed by atoms with Gasteiger partial charge in [0.25, 0.3) is 0 Å². The number of thioether (sulfide) groups is 2. The molecule has 3 atom stereocenters. The van der Waals surface area contributed by atoms with Gasteiger partial charge in [0.15, 0.2) is 5.81 Å². The van der Waals surface area contributed by atoms with Gasteiger partial charge >= 0.3 is 5.97 Å². The van der Waals surface area contributed by atoms with E-state index in [1.807, 2.05) is 37.4 Å². The van der Waals surface area contributed by atoms with E-state index >= 15 is 0 Å². The Bertz CT molecular complexity index is 351. The third-order valence-electron chi connectivity index (χ3n) is 3.35. The fourth-order valence-electron chi connectivity index (χ4n) is 2.30. The maximum absolute atomic E-state index is 12.0. The highest BCUT2D eigenvalue weighted by Gasteiger charge is 2.26. The molecule has 1 N–H and O–H groups in total.